The molecule has 6 heteroatoms. The predicted molar refractivity (Wildman–Crippen MR) is 63.0 cm³/mol. The molecule has 0 aliphatic carbocycles. The summed E-state index contributed by atoms with van der Waals surface area (Å²) >= 11 is 0. The molecule has 0 saturated carbocycles. The molecule has 1 unspecified atom stereocenters. The molecular weight excluding hydrogens is 236 g/mol. The minimum absolute atomic E-state index is 0.139. The molecular formula is C12H16N2O4. The lowest BCUT2D eigenvalue weighted by molar-refractivity contribution is -0.151. The van der Waals surface area contributed by atoms with Crippen LogP contribution >= 0.6 is 0 Å². The zero-order valence-electron chi connectivity index (χ0n) is 9.96. The van der Waals surface area contributed by atoms with Gasteiger partial charge in [0.25, 0.3) is 0 Å². The molecule has 1 fully saturated rings. The van der Waals surface area contributed by atoms with Crippen molar-refractivity contribution >= 4 is 11.9 Å². The highest BCUT2D eigenvalue weighted by molar-refractivity contribution is 5.84. The van der Waals surface area contributed by atoms with Crippen LogP contribution in [0.25, 0.3) is 0 Å². The fraction of sp³-hybridized carbons (Fsp3) is 0.500. The van der Waals surface area contributed by atoms with E-state index in [9.17, 15) is 9.59 Å². The van der Waals surface area contributed by atoms with Gasteiger partial charge >= 0.3 is 5.97 Å². The molecule has 1 saturated heterocycles. The third-order valence-electron chi connectivity index (χ3n) is 3.01. The van der Waals surface area contributed by atoms with Gasteiger partial charge in [-0.05, 0) is 12.1 Å². The topological polar surface area (TPSA) is 82.8 Å². The first kappa shape index (κ1) is 12.6. The number of rotatable bonds is 4. The van der Waals surface area contributed by atoms with Gasteiger partial charge in [-0.3, -0.25) is 4.79 Å². The van der Waals surface area contributed by atoms with Crippen LogP contribution in [0.5, 0.6) is 0 Å². The van der Waals surface area contributed by atoms with Crippen LogP contribution in [-0.4, -0.2) is 47.6 Å². The van der Waals surface area contributed by atoms with Crippen molar-refractivity contribution in [1.29, 1.82) is 0 Å². The van der Waals surface area contributed by atoms with Gasteiger partial charge in [-0.1, -0.05) is 0 Å². The van der Waals surface area contributed by atoms with Crippen molar-refractivity contribution in [3.8, 4) is 0 Å². The van der Waals surface area contributed by atoms with Gasteiger partial charge in [0.15, 0.2) is 0 Å². The second-order valence-electron chi connectivity index (χ2n) is 4.22. The Morgan fingerprint density at radius 2 is 2.39 bits per heavy atom. The van der Waals surface area contributed by atoms with Gasteiger partial charge in [0.2, 0.25) is 5.91 Å². The van der Waals surface area contributed by atoms with Gasteiger partial charge in [-0.15, -0.1) is 0 Å². The smallest absolute Gasteiger partial charge is 0.327 e. The molecule has 0 spiro atoms. The molecule has 2 heterocycles. The maximum atomic E-state index is 12.0. The molecule has 1 amide bonds. The molecule has 1 aromatic rings. The second kappa shape index (κ2) is 5.68. The average molecular weight is 252 g/mol. The summed E-state index contributed by atoms with van der Waals surface area (Å²) < 4.78 is 5.15. The number of furan rings is 1. The fourth-order valence-corrected chi connectivity index (χ4v) is 2.05. The number of carbonyl (C=O) groups excluding carboxylic acids is 1. The standard InChI is InChI=1S/C12H16N2O4/c15-11(4-3-9-2-1-7-18-9)14-6-5-13-8-10(14)12(16)17/h1-2,7,10,13H,3-6,8H2,(H,16,17). The number of nitrogens with zero attached hydrogens (tertiary/aromatic N) is 1. The van der Waals surface area contributed by atoms with Crippen LogP contribution in [0.4, 0.5) is 0 Å². The predicted octanol–water partition coefficient (Wildman–Crippen LogP) is 0.0972. The zero-order valence-corrected chi connectivity index (χ0v) is 9.96. The summed E-state index contributed by atoms with van der Waals surface area (Å²) in [5.41, 5.74) is 0. The monoisotopic (exact) mass is 252 g/mol. The Morgan fingerprint density at radius 3 is 3.06 bits per heavy atom. The molecule has 18 heavy (non-hydrogen) atoms. The Hall–Kier alpha value is -1.82. The Balaban J connectivity index is 1.92. The Bertz CT molecular complexity index is 416. The van der Waals surface area contributed by atoms with E-state index in [4.69, 9.17) is 9.52 Å². The average Bonchev–Trinajstić information content (AvgIpc) is 2.89. The van der Waals surface area contributed by atoms with Crippen LogP contribution in [0.1, 0.15) is 12.2 Å². The molecule has 2 N–H and O–H groups in total. The lowest BCUT2D eigenvalue weighted by atomic mass is 10.1. The molecule has 1 atom stereocenters. The van der Waals surface area contributed by atoms with Gasteiger partial charge in [-0.2, -0.15) is 0 Å². The van der Waals surface area contributed by atoms with Gasteiger partial charge in [-0.25, -0.2) is 4.79 Å². The molecule has 0 radical (unpaired) electrons. The quantitative estimate of drug-likeness (QED) is 0.794. The van der Waals surface area contributed by atoms with Crippen molar-refractivity contribution in [2.75, 3.05) is 19.6 Å². The molecule has 1 aliphatic heterocycles. The first-order valence-corrected chi connectivity index (χ1v) is 5.94. The maximum absolute atomic E-state index is 12.0. The number of aliphatic carboxylic acids is 1. The molecule has 6 nitrogen and oxygen atoms in total. The van der Waals surface area contributed by atoms with E-state index in [0.29, 0.717) is 26.1 Å². The van der Waals surface area contributed by atoms with Crippen molar-refractivity contribution in [2.24, 2.45) is 0 Å². The third-order valence-corrected chi connectivity index (χ3v) is 3.01. The van der Waals surface area contributed by atoms with E-state index in [1.54, 1.807) is 18.4 Å². The molecule has 1 aromatic heterocycles. The number of carboxylic acid groups (broad SMARTS) is 1. The van der Waals surface area contributed by atoms with Crippen LogP contribution < -0.4 is 5.32 Å². The summed E-state index contributed by atoms with van der Waals surface area (Å²) in [4.78, 5) is 24.5. The SMILES string of the molecule is O=C(O)C1CNCCN1C(=O)CCc1ccco1. The Labute approximate surface area is 105 Å². The molecule has 1 aliphatic rings. The largest absolute Gasteiger partial charge is 0.480 e. The summed E-state index contributed by atoms with van der Waals surface area (Å²) in [6, 6.07) is 2.81. The number of piperazine rings is 1. The lowest BCUT2D eigenvalue weighted by Crippen LogP contribution is -2.57. The second-order valence-corrected chi connectivity index (χ2v) is 4.22. The maximum Gasteiger partial charge on any atom is 0.327 e. The highest BCUT2D eigenvalue weighted by Gasteiger charge is 2.31. The molecule has 2 rings (SSSR count). The Morgan fingerprint density at radius 1 is 1.56 bits per heavy atom. The van der Waals surface area contributed by atoms with E-state index in [2.05, 4.69) is 5.32 Å². The van der Waals surface area contributed by atoms with Crippen LogP contribution in [0, 0.1) is 0 Å². The zero-order chi connectivity index (χ0) is 13.0. The van der Waals surface area contributed by atoms with E-state index in [1.165, 1.54) is 4.90 Å². The third kappa shape index (κ3) is 2.89. The van der Waals surface area contributed by atoms with Crippen LogP contribution in [-0.2, 0) is 16.0 Å². The van der Waals surface area contributed by atoms with Crippen molar-refractivity contribution in [3.05, 3.63) is 24.2 Å². The Kier molecular flexibility index (Phi) is 3.99. The summed E-state index contributed by atoms with van der Waals surface area (Å²) in [5, 5.41) is 12.0. The van der Waals surface area contributed by atoms with E-state index in [1.807, 2.05) is 0 Å². The summed E-state index contributed by atoms with van der Waals surface area (Å²) in [6.45, 7) is 1.38. The minimum atomic E-state index is -0.964. The van der Waals surface area contributed by atoms with Gasteiger partial charge in [0.05, 0.1) is 6.26 Å². The molecule has 0 aromatic carbocycles. The van der Waals surface area contributed by atoms with Crippen LogP contribution in [0.3, 0.4) is 0 Å². The van der Waals surface area contributed by atoms with E-state index in [-0.39, 0.29) is 12.3 Å². The van der Waals surface area contributed by atoms with E-state index in [0.717, 1.165) is 5.76 Å². The van der Waals surface area contributed by atoms with Gasteiger partial charge in [0.1, 0.15) is 11.8 Å². The van der Waals surface area contributed by atoms with Gasteiger partial charge < -0.3 is 19.7 Å². The van der Waals surface area contributed by atoms with E-state index >= 15 is 0 Å². The number of hydrogen-bond acceptors (Lipinski definition) is 4. The first-order valence-electron chi connectivity index (χ1n) is 5.94. The highest BCUT2D eigenvalue weighted by Crippen LogP contribution is 2.10. The molecule has 98 valence electrons. The van der Waals surface area contributed by atoms with Crippen molar-refractivity contribution in [1.82, 2.24) is 10.2 Å². The number of amides is 1. The lowest BCUT2D eigenvalue weighted by Gasteiger charge is -2.33. The van der Waals surface area contributed by atoms with Crippen molar-refractivity contribution in [2.45, 2.75) is 18.9 Å². The van der Waals surface area contributed by atoms with Crippen LogP contribution in [0.15, 0.2) is 22.8 Å². The van der Waals surface area contributed by atoms with E-state index < -0.39 is 12.0 Å². The van der Waals surface area contributed by atoms with Crippen LogP contribution in [0.2, 0.25) is 0 Å². The highest BCUT2D eigenvalue weighted by atomic mass is 16.4. The number of hydrogen-bond donors (Lipinski definition) is 2. The fourth-order valence-electron chi connectivity index (χ4n) is 2.05. The number of carboxylic acids is 1. The number of aryl methyl sites for hydroxylation is 1. The van der Waals surface area contributed by atoms with Crippen molar-refractivity contribution < 1.29 is 19.1 Å². The van der Waals surface area contributed by atoms with Gasteiger partial charge in [0, 0.05) is 32.5 Å². The summed E-state index contributed by atoms with van der Waals surface area (Å²) in [7, 11) is 0. The first-order chi connectivity index (χ1) is 8.68. The number of carbonyl (C=O) groups is 2. The van der Waals surface area contributed by atoms with Crippen molar-refractivity contribution in [3.63, 3.8) is 0 Å². The molecule has 0 bridgehead atoms. The summed E-state index contributed by atoms with van der Waals surface area (Å²) in [6.07, 6.45) is 2.34. The normalized spacial score (nSPS) is 19.8. The number of nitrogens with one attached hydrogen (secondary N) is 1. The minimum Gasteiger partial charge on any atom is -0.480 e. The summed E-state index contributed by atoms with van der Waals surface area (Å²) in [5.74, 6) is -0.362.